The van der Waals surface area contributed by atoms with Crippen molar-refractivity contribution in [3.05, 3.63) is 27.8 Å². The highest BCUT2D eigenvalue weighted by Gasteiger charge is 2.11. The molecule has 2 N–H and O–H groups in total. The van der Waals surface area contributed by atoms with Crippen LogP contribution in [0.15, 0.2) is 29.3 Å². The molecular formula is C10H10IN3OS. The minimum absolute atomic E-state index is 0.239. The van der Waals surface area contributed by atoms with Crippen molar-refractivity contribution >= 4 is 51.2 Å². The van der Waals surface area contributed by atoms with Crippen molar-refractivity contribution in [3.8, 4) is 0 Å². The first kappa shape index (κ1) is 11.7. The summed E-state index contributed by atoms with van der Waals surface area (Å²) in [6.45, 7) is 0.781. The highest BCUT2D eigenvalue weighted by Crippen LogP contribution is 2.17. The van der Waals surface area contributed by atoms with Crippen molar-refractivity contribution in [2.75, 3.05) is 17.6 Å². The minimum Gasteiger partial charge on any atom is -0.307 e. The summed E-state index contributed by atoms with van der Waals surface area (Å²) < 4.78 is 1.01. The van der Waals surface area contributed by atoms with Gasteiger partial charge in [-0.1, -0.05) is 23.9 Å². The molecular weight excluding hydrogens is 337 g/mol. The highest BCUT2D eigenvalue weighted by molar-refractivity contribution is 14.1. The molecule has 0 saturated carbocycles. The first-order chi connectivity index (χ1) is 7.75. The van der Waals surface area contributed by atoms with Gasteiger partial charge in [0.25, 0.3) is 0 Å². The number of hydrogen-bond acceptors (Lipinski definition) is 3. The number of amidine groups is 1. The molecule has 0 atom stereocenters. The molecule has 2 amide bonds. The van der Waals surface area contributed by atoms with E-state index in [9.17, 15) is 4.79 Å². The lowest BCUT2D eigenvalue weighted by molar-refractivity contribution is 0.256. The Kier molecular flexibility index (Phi) is 4.05. The van der Waals surface area contributed by atoms with Gasteiger partial charge < -0.3 is 5.32 Å². The number of carbonyl (C=O) groups excluding carboxylic acids is 1. The zero-order chi connectivity index (χ0) is 11.4. The van der Waals surface area contributed by atoms with Gasteiger partial charge in [-0.15, -0.1) is 0 Å². The van der Waals surface area contributed by atoms with E-state index in [1.54, 1.807) is 11.8 Å². The van der Waals surface area contributed by atoms with Gasteiger partial charge in [0, 0.05) is 9.32 Å². The third-order valence-electron chi connectivity index (χ3n) is 1.93. The van der Waals surface area contributed by atoms with Crippen LogP contribution in [0.1, 0.15) is 0 Å². The fraction of sp³-hybridized carbons (Fsp3) is 0.200. The molecule has 4 nitrogen and oxygen atoms in total. The maximum atomic E-state index is 11.6. The molecule has 84 valence electrons. The standard InChI is InChI=1S/C10H10IN3OS/c11-7-3-1-2-4-8(7)13-9(15)14-10-12-5-6-16-10/h1-4H,5-6H2,(H2,12,13,14,15). The lowest BCUT2D eigenvalue weighted by atomic mass is 10.3. The van der Waals surface area contributed by atoms with Crippen LogP contribution in [0.25, 0.3) is 0 Å². The number of amides is 2. The molecule has 16 heavy (non-hydrogen) atoms. The normalized spacial score (nSPS) is 14.4. The fourth-order valence-electron chi connectivity index (χ4n) is 1.22. The van der Waals surface area contributed by atoms with E-state index < -0.39 is 0 Å². The number of halogens is 1. The average Bonchev–Trinajstić information content (AvgIpc) is 2.74. The number of thioether (sulfide) groups is 1. The molecule has 1 aromatic carbocycles. The van der Waals surface area contributed by atoms with Gasteiger partial charge in [0.05, 0.1) is 12.2 Å². The summed E-state index contributed by atoms with van der Waals surface area (Å²) in [4.78, 5) is 15.7. The van der Waals surface area contributed by atoms with Crippen LogP contribution >= 0.6 is 34.4 Å². The van der Waals surface area contributed by atoms with E-state index in [1.165, 1.54) is 0 Å². The lowest BCUT2D eigenvalue weighted by Crippen LogP contribution is -2.32. The Morgan fingerprint density at radius 2 is 2.19 bits per heavy atom. The highest BCUT2D eigenvalue weighted by atomic mass is 127. The molecule has 0 radical (unpaired) electrons. The van der Waals surface area contributed by atoms with Crippen molar-refractivity contribution in [3.63, 3.8) is 0 Å². The van der Waals surface area contributed by atoms with Gasteiger partial charge in [0.2, 0.25) is 0 Å². The monoisotopic (exact) mass is 347 g/mol. The first-order valence-corrected chi connectivity index (χ1v) is 6.82. The summed E-state index contributed by atoms with van der Waals surface area (Å²) in [5, 5.41) is 6.20. The zero-order valence-electron chi connectivity index (χ0n) is 8.37. The zero-order valence-corrected chi connectivity index (χ0v) is 11.3. The van der Waals surface area contributed by atoms with Crippen LogP contribution in [0.3, 0.4) is 0 Å². The van der Waals surface area contributed by atoms with Gasteiger partial charge >= 0.3 is 6.03 Å². The van der Waals surface area contributed by atoms with Gasteiger partial charge in [-0.2, -0.15) is 0 Å². The summed E-state index contributed by atoms with van der Waals surface area (Å²) in [6, 6.07) is 7.39. The predicted molar refractivity (Wildman–Crippen MR) is 76.1 cm³/mol. The Morgan fingerprint density at radius 1 is 1.38 bits per heavy atom. The first-order valence-electron chi connectivity index (χ1n) is 4.75. The quantitative estimate of drug-likeness (QED) is 0.767. The van der Waals surface area contributed by atoms with E-state index in [0.717, 1.165) is 21.6 Å². The molecule has 1 aliphatic rings. The number of para-hydroxylation sites is 1. The van der Waals surface area contributed by atoms with Crippen molar-refractivity contribution in [1.82, 2.24) is 5.32 Å². The number of nitrogens with one attached hydrogen (secondary N) is 2. The maximum absolute atomic E-state index is 11.6. The summed E-state index contributed by atoms with van der Waals surface area (Å²) in [6.07, 6.45) is 0. The number of urea groups is 1. The van der Waals surface area contributed by atoms with Crippen LogP contribution in [-0.2, 0) is 0 Å². The molecule has 1 aliphatic heterocycles. The van der Waals surface area contributed by atoms with Crippen molar-refractivity contribution in [2.24, 2.45) is 4.99 Å². The molecule has 0 bridgehead atoms. The van der Waals surface area contributed by atoms with Gasteiger partial charge in [-0.25, -0.2) is 4.79 Å². The molecule has 0 unspecified atom stereocenters. The predicted octanol–water partition coefficient (Wildman–Crippen LogP) is 2.52. The Bertz CT molecular complexity index is 436. The molecule has 6 heteroatoms. The van der Waals surface area contributed by atoms with Crippen LogP contribution in [-0.4, -0.2) is 23.5 Å². The number of nitrogens with zero attached hydrogens (tertiary/aromatic N) is 1. The van der Waals surface area contributed by atoms with Crippen molar-refractivity contribution in [1.29, 1.82) is 0 Å². The maximum Gasteiger partial charge on any atom is 0.325 e. The molecule has 2 rings (SSSR count). The molecule has 0 aromatic heterocycles. The van der Waals surface area contributed by atoms with E-state index in [4.69, 9.17) is 0 Å². The third kappa shape index (κ3) is 3.11. The number of aliphatic imine (C=N–C) groups is 1. The Labute approximate surface area is 111 Å². The van der Waals surface area contributed by atoms with Gasteiger partial charge in [0.1, 0.15) is 0 Å². The summed E-state index contributed by atoms with van der Waals surface area (Å²) in [5.41, 5.74) is 0.809. The van der Waals surface area contributed by atoms with E-state index in [0.29, 0.717) is 5.17 Å². The molecule has 0 aliphatic carbocycles. The SMILES string of the molecule is O=C(NC1=NCCS1)Nc1ccccc1I. The van der Waals surface area contributed by atoms with Crippen LogP contribution in [0.5, 0.6) is 0 Å². The molecule has 0 spiro atoms. The number of benzene rings is 1. The molecule has 1 heterocycles. The Balaban J connectivity index is 1.94. The van der Waals surface area contributed by atoms with Crippen LogP contribution in [0.4, 0.5) is 10.5 Å². The molecule has 1 aromatic rings. The summed E-state index contributed by atoms with van der Waals surface area (Å²) in [5.74, 6) is 0.943. The van der Waals surface area contributed by atoms with E-state index in [-0.39, 0.29) is 6.03 Å². The Morgan fingerprint density at radius 3 is 2.88 bits per heavy atom. The number of anilines is 1. The average molecular weight is 347 g/mol. The van der Waals surface area contributed by atoms with Crippen LogP contribution in [0.2, 0.25) is 0 Å². The Hall–Kier alpha value is -0.760. The second-order valence-corrected chi connectivity index (χ2v) is 5.34. The third-order valence-corrected chi connectivity index (χ3v) is 3.76. The lowest BCUT2D eigenvalue weighted by Gasteiger charge is -2.07. The van der Waals surface area contributed by atoms with Gasteiger partial charge in [-0.05, 0) is 34.7 Å². The van der Waals surface area contributed by atoms with E-state index in [1.807, 2.05) is 24.3 Å². The smallest absolute Gasteiger partial charge is 0.307 e. The minimum atomic E-state index is -0.239. The van der Waals surface area contributed by atoms with Crippen LogP contribution in [0, 0.1) is 3.57 Å². The van der Waals surface area contributed by atoms with Crippen LogP contribution < -0.4 is 10.6 Å². The molecule has 0 fully saturated rings. The van der Waals surface area contributed by atoms with Crippen molar-refractivity contribution in [2.45, 2.75) is 0 Å². The summed E-state index contributed by atoms with van der Waals surface area (Å²) in [7, 11) is 0. The topological polar surface area (TPSA) is 53.5 Å². The summed E-state index contributed by atoms with van der Waals surface area (Å²) >= 11 is 3.74. The second kappa shape index (κ2) is 5.53. The van der Waals surface area contributed by atoms with Gasteiger partial charge in [0.15, 0.2) is 5.17 Å². The number of hydrogen-bond donors (Lipinski definition) is 2. The molecule has 0 saturated heterocycles. The van der Waals surface area contributed by atoms with E-state index >= 15 is 0 Å². The number of rotatable bonds is 1. The largest absolute Gasteiger partial charge is 0.325 e. The second-order valence-electron chi connectivity index (χ2n) is 3.09. The number of carbonyl (C=O) groups is 1. The van der Waals surface area contributed by atoms with Gasteiger partial charge in [-0.3, -0.25) is 10.3 Å². The fourth-order valence-corrected chi connectivity index (χ4v) is 2.47. The van der Waals surface area contributed by atoms with Crippen molar-refractivity contribution < 1.29 is 4.79 Å². The van der Waals surface area contributed by atoms with E-state index in [2.05, 4.69) is 38.2 Å².